The van der Waals surface area contributed by atoms with Crippen LogP contribution in [-0.4, -0.2) is 44.4 Å². The molecule has 0 aromatic carbocycles. The highest BCUT2D eigenvalue weighted by molar-refractivity contribution is 5.06. The normalized spacial score (nSPS) is 39.8. The van der Waals surface area contributed by atoms with Crippen LogP contribution >= 0.6 is 0 Å². The van der Waals surface area contributed by atoms with Crippen molar-refractivity contribution in [2.45, 2.75) is 39.4 Å². The standard InChI is InChI=1S/C16H28O4/c1-16(2)11-9-13(15-19-7-8-20-15)12(14(16)10-11)3-5-18-6-4-17/h11-15,17H,3-10H2,1-2H3/t11?,12-,13+,14?/m1/s1. The average molecular weight is 284 g/mol. The van der Waals surface area contributed by atoms with Gasteiger partial charge in [0.25, 0.3) is 0 Å². The number of aliphatic hydroxyl groups is 1. The second-order valence-electron chi connectivity index (χ2n) is 7.16. The average Bonchev–Trinajstić information content (AvgIpc) is 2.97. The summed E-state index contributed by atoms with van der Waals surface area (Å²) in [5, 5.41) is 8.81. The number of fused-ring (bicyclic) bond motifs is 2. The van der Waals surface area contributed by atoms with Gasteiger partial charge in [0.2, 0.25) is 0 Å². The molecule has 1 N–H and O–H groups in total. The molecule has 0 spiro atoms. The maximum Gasteiger partial charge on any atom is 0.160 e. The first-order valence-corrected chi connectivity index (χ1v) is 8.06. The fourth-order valence-corrected chi connectivity index (χ4v) is 4.72. The van der Waals surface area contributed by atoms with E-state index in [0.29, 0.717) is 23.9 Å². The van der Waals surface area contributed by atoms with Crippen LogP contribution in [0.4, 0.5) is 0 Å². The molecule has 3 aliphatic carbocycles. The van der Waals surface area contributed by atoms with Crippen LogP contribution in [0.3, 0.4) is 0 Å². The molecule has 116 valence electrons. The molecule has 1 aliphatic heterocycles. The largest absolute Gasteiger partial charge is 0.394 e. The predicted molar refractivity (Wildman–Crippen MR) is 75.2 cm³/mol. The van der Waals surface area contributed by atoms with E-state index in [1.54, 1.807) is 0 Å². The molecule has 0 radical (unpaired) electrons. The third-order valence-electron chi connectivity index (χ3n) is 6.00. The maximum absolute atomic E-state index is 8.81. The first kappa shape index (κ1) is 14.8. The van der Waals surface area contributed by atoms with Gasteiger partial charge >= 0.3 is 0 Å². The van der Waals surface area contributed by atoms with E-state index in [2.05, 4.69) is 13.8 Å². The summed E-state index contributed by atoms with van der Waals surface area (Å²) in [7, 11) is 0. The SMILES string of the molecule is CC1(C)C2CC1[C@H](CCOCCO)[C@@H](C1OCCO1)C2. The summed E-state index contributed by atoms with van der Waals surface area (Å²) >= 11 is 0. The number of hydrogen-bond acceptors (Lipinski definition) is 4. The van der Waals surface area contributed by atoms with E-state index in [-0.39, 0.29) is 12.9 Å². The van der Waals surface area contributed by atoms with Gasteiger partial charge in [-0.2, -0.15) is 0 Å². The number of hydrogen-bond donors (Lipinski definition) is 1. The van der Waals surface area contributed by atoms with Gasteiger partial charge in [0.15, 0.2) is 6.29 Å². The number of rotatable bonds is 6. The quantitative estimate of drug-likeness (QED) is 0.758. The molecular formula is C16H28O4. The minimum Gasteiger partial charge on any atom is -0.394 e. The van der Waals surface area contributed by atoms with Crippen LogP contribution in [0.2, 0.25) is 0 Å². The van der Waals surface area contributed by atoms with Gasteiger partial charge < -0.3 is 19.3 Å². The second-order valence-corrected chi connectivity index (χ2v) is 7.16. The fraction of sp³-hybridized carbons (Fsp3) is 1.00. The summed E-state index contributed by atoms with van der Waals surface area (Å²) in [6.45, 7) is 7.62. The zero-order valence-electron chi connectivity index (χ0n) is 12.7. The first-order chi connectivity index (χ1) is 9.64. The fourth-order valence-electron chi connectivity index (χ4n) is 4.72. The predicted octanol–water partition coefficient (Wildman–Crippen LogP) is 2.06. The summed E-state index contributed by atoms with van der Waals surface area (Å²) in [4.78, 5) is 0. The van der Waals surface area contributed by atoms with Gasteiger partial charge in [-0.1, -0.05) is 13.8 Å². The van der Waals surface area contributed by atoms with Crippen molar-refractivity contribution in [3.8, 4) is 0 Å². The molecule has 0 aromatic rings. The molecule has 20 heavy (non-hydrogen) atoms. The van der Waals surface area contributed by atoms with E-state index in [0.717, 1.165) is 38.1 Å². The van der Waals surface area contributed by atoms with Gasteiger partial charge in [0, 0.05) is 12.5 Å². The van der Waals surface area contributed by atoms with Crippen molar-refractivity contribution >= 4 is 0 Å². The Hall–Kier alpha value is -0.160. The van der Waals surface area contributed by atoms with Gasteiger partial charge in [-0.25, -0.2) is 0 Å². The van der Waals surface area contributed by atoms with E-state index in [9.17, 15) is 0 Å². The van der Waals surface area contributed by atoms with Gasteiger partial charge in [-0.05, 0) is 42.4 Å². The highest BCUT2D eigenvalue weighted by Gasteiger charge is 2.59. The van der Waals surface area contributed by atoms with Crippen molar-refractivity contribution in [1.82, 2.24) is 0 Å². The molecule has 4 nitrogen and oxygen atoms in total. The van der Waals surface area contributed by atoms with Crippen LogP contribution in [-0.2, 0) is 14.2 Å². The van der Waals surface area contributed by atoms with Gasteiger partial charge in [-0.3, -0.25) is 0 Å². The monoisotopic (exact) mass is 284 g/mol. The summed E-state index contributed by atoms with van der Waals surface area (Å²) in [6.07, 6.45) is 3.67. The summed E-state index contributed by atoms with van der Waals surface area (Å²) in [5.74, 6) is 2.78. The zero-order valence-corrected chi connectivity index (χ0v) is 12.7. The van der Waals surface area contributed by atoms with Gasteiger partial charge in [-0.15, -0.1) is 0 Å². The van der Waals surface area contributed by atoms with Crippen molar-refractivity contribution in [2.75, 3.05) is 33.0 Å². The van der Waals surface area contributed by atoms with E-state index >= 15 is 0 Å². The molecule has 4 aliphatic rings. The minimum absolute atomic E-state index is 0.0132. The molecule has 0 amide bonds. The lowest BCUT2D eigenvalue weighted by molar-refractivity contribution is -0.202. The smallest absolute Gasteiger partial charge is 0.160 e. The van der Waals surface area contributed by atoms with Gasteiger partial charge in [0.05, 0.1) is 26.4 Å². The number of ether oxygens (including phenoxy) is 3. The molecule has 1 saturated heterocycles. The van der Waals surface area contributed by atoms with Crippen LogP contribution in [0.1, 0.15) is 33.1 Å². The molecular weight excluding hydrogens is 256 g/mol. The molecule has 0 aromatic heterocycles. The first-order valence-electron chi connectivity index (χ1n) is 8.06. The Bertz CT molecular complexity index is 324. The Morgan fingerprint density at radius 1 is 1.15 bits per heavy atom. The van der Waals surface area contributed by atoms with E-state index in [1.807, 2.05) is 0 Å². The van der Waals surface area contributed by atoms with Crippen molar-refractivity contribution in [3.05, 3.63) is 0 Å². The van der Waals surface area contributed by atoms with Gasteiger partial charge in [0.1, 0.15) is 0 Å². The van der Waals surface area contributed by atoms with Crippen LogP contribution < -0.4 is 0 Å². The van der Waals surface area contributed by atoms with Crippen LogP contribution in [0.15, 0.2) is 0 Å². The highest BCUT2D eigenvalue weighted by atomic mass is 16.7. The van der Waals surface area contributed by atoms with Crippen molar-refractivity contribution in [1.29, 1.82) is 0 Å². The Balaban J connectivity index is 1.63. The van der Waals surface area contributed by atoms with Crippen molar-refractivity contribution in [2.24, 2.45) is 29.1 Å². The third kappa shape index (κ3) is 2.52. The molecule has 2 unspecified atom stereocenters. The Labute approximate surface area is 121 Å². The molecule has 4 heteroatoms. The minimum atomic E-state index is 0.0132. The molecule has 4 fully saturated rings. The Kier molecular flexibility index (Phi) is 4.37. The van der Waals surface area contributed by atoms with Crippen molar-refractivity contribution in [3.63, 3.8) is 0 Å². The highest BCUT2D eigenvalue weighted by Crippen LogP contribution is 2.64. The lowest BCUT2D eigenvalue weighted by Gasteiger charge is -2.63. The summed E-state index contributed by atoms with van der Waals surface area (Å²) in [5.41, 5.74) is 0.469. The Morgan fingerprint density at radius 3 is 2.55 bits per heavy atom. The third-order valence-corrected chi connectivity index (χ3v) is 6.00. The number of aliphatic hydroxyl groups excluding tert-OH is 1. The second kappa shape index (κ2) is 5.91. The summed E-state index contributed by atoms with van der Waals surface area (Å²) in [6, 6.07) is 0. The lowest BCUT2D eigenvalue weighted by atomic mass is 9.42. The van der Waals surface area contributed by atoms with Crippen molar-refractivity contribution < 1.29 is 19.3 Å². The summed E-state index contributed by atoms with van der Waals surface area (Å²) < 4.78 is 17.1. The van der Waals surface area contributed by atoms with E-state index < -0.39 is 0 Å². The molecule has 2 bridgehead atoms. The zero-order chi connectivity index (χ0) is 14.2. The van der Waals surface area contributed by atoms with Crippen LogP contribution in [0, 0.1) is 29.1 Å². The van der Waals surface area contributed by atoms with E-state index in [4.69, 9.17) is 19.3 Å². The lowest BCUT2D eigenvalue weighted by Crippen LogP contribution is -2.58. The maximum atomic E-state index is 8.81. The molecule has 4 atom stereocenters. The molecule has 4 rings (SSSR count). The topological polar surface area (TPSA) is 47.9 Å². The molecule has 1 heterocycles. The van der Waals surface area contributed by atoms with Crippen LogP contribution in [0.25, 0.3) is 0 Å². The Morgan fingerprint density at radius 2 is 1.90 bits per heavy atom. The van der Waals surface area contributed by atoms with Crippen LogP contribution in [0.5, 0.6) is 0 Å². The molecule has 3 saturated carbocycles. The van der Waals surface area contributed by atoms with E-state index in [1.165, 1.54) is 12.8 Å².